The summed E-state index contributed by atoms with van der Waals surface area (Å²) < 4.78 is 4.83. The van der Waals surface area contributed by atoms with Crippen LogP contribution in [0.4, 0.5) is 11.4 Å². The lowest BCUT2D eigenvalue weighted by Crippen LogP contribution is -2.39. The fourth-order valence-corrected chi connectivity index (χ4v) is 2.14. The number of carbonyl (C=O) groups excluding carboxylic acids is 2. The van der Waals surface area contributed by atoms with Crippen LogP contribution in [-0.2, 0) is 14.3 Å². The van der Waals surface area contributed by atoms with Crippen LogP contribution in [0.2, 0.25) is 0 Å². The average molecular weight is 314 g/mol. The molecule has 7 heteroatoms. The van der Waals surface area contributed by atoms with Gasteiger partial charge >= 0.3 is 0 Å². The zero-order chi connectivity index (χ0) is 14.5. The molecule has 1 aromatic rings. The van der Waals surface area contributed by atoms with E-state index in [-0.39, 0.29) is 30.8 Å². The molecule has 0 aromatic heterocycles. The number of ether oxygens (including phenoxy) is 1. The summed E-state index contributed by atoms with van der Waals surface area (Å²) in [5.74, 6) is -0.152. The highest BCUT2D eigenvalue weighted by molar-refractivity contribution is 5.97. The number of hydrogen-bond donors (Lipinski definition) is 2. The number of hydrogen-bond acceptors (Lipinski definition) is 4. The van der Waals surface area contributed by atoms with Crippen LogP contribution in [0.15, 0.2) is 24.3 Å². The van der Waals surface area contributed by atoms with Crippen molar-refractivity contribution in [3.05, 3.63) is 24.3 Å². The van der Waals surface area contributed by atoms with Crippen molar-refractivity contribution >= 4 is 35.6 Å². The summed E-state index contributed by atoms with van der Waals surface area (Å²) in [6, 6.07) is 6.47. The van der Waals surface area contributed by atoms with Gasteiger partial charge in [0.1, 0.15) is 6.04 Å². The molecular weight excluding hydrogens is 294 g/mol. The summed E-state index contributed by atoms with van der Waals surface area (Å²) in [7, 11) is 1.50. The first-order chi connectivity index (χ1) is 9.61. The first-order valence-corrected chi connectivity index (χ1v) is 6.57. The first-order valence-electron chi connectivity index (χ1n) is 6.57. The van der Waals surface area contributed by atoms with Gasteiger partial charge in [-0.05, 0) is 30.7 Å². The van der Waals surface area contributed by atoms with Gasteiger partial charge in [-0.2, -0.15) is 0 Å². The minimum Gasteiger partial charge on any atom is -0.383 e. The van der Waals surface area contributed by atoms with Crippen LogP contribution in [0.1, 0.15) is 12.8 Å². The van der Waals surface area contributed by atoms with Gasteiger partial charge in [0, 0.05) is 31.5 Å². The highest BCUT2D eigenvalue weighted by Gasteiger charge is 2.21. The molecule has 21 heavy (non-hydrogen) atoms. The van der Waals surface area contributed by atoms with Gasteiger partial charge in [0.2, 0.25) is 11.8 Å². The van der Waals surface area contributed by atoms with E-state index in [0.717, 1.165) is 18.7 Å². The number of methoxy groups -OCH3 is 1. The number of anilines is 2. The van der Waals surface area contributed by atoms with E-state index >= 15 is 0 Å². The molecule has 116 valence electrons. The number of nitrogens with two attached hydrogens (primary N) is 1. The molecule has 0 radical (unpaired) electrons. The molecule has 1 unspecified atom stereocenters. The summed E-state index contributed by atoms with van der Waals surface area (Å²) in [5, 5.41) is 2.71. The van der Waals surface area contributed by atoms with E-state index in [0.29, 0.717) is 12.1 Å². The SMILES string of the molecule is COCC(N)C(=O)Nc1ccc(N2CCCC2=O)cc1.Cl. The standard InChI is InChI=1S/C14H19N3O3.ClH/c1-20-9-12(15)14(19)16-10-4-6-11(7-5-10)17-8-2-3-13(17)18;/h4-7,12H,2-3,8-9,15H2,1H3,(H,16,19);1H. The summed E-state index contributed by atoms with van der Waals surface area (Å²) in [6.07, 6.45) is 1.49. The number of rotatable bonds is 5. The van der Waals surface area contributed by atoms with Crippen molar-refractivity contribution in [2.45, 2.75) is 18.9 Å². The topological polar surface area (TPSA) is 84.7 Å². The minimum atomic E-state index is -0.695. The van der Waals surface area contributed by atoms with Crippen LogP contribution in [0, 0.1) is 0 Å². The molecule has 1 atom stereocenters. The maximum absolute atomic E-state index is 11.7. The van der Waals surface area contributed by atoms with Crippen molar-refractivity contribution in [1.82, 2.24) is 0 Å². The predicted octanol–water partition coefficient (Wildman–Crippen LogP) is 1.15. The van der Waals surface area contributed by atoms with Gasteiger partial charge in [-0.1, -0.05) is 0 Å². The van der Waals surface area contributed by atoms with Crippen LogP contribution >= 0.6 is 12.4 Å². The second-order valence-corrected chi connectivity index (χ2v) is 4.75. The molecule has 2 amide bonds. The smallest absolute Gasteiger partial charge is 0.243 e. The average Bonchev–Trinajstić information content (AvgIpc) is 2.86. The van der Waals surface area contributed by atoms with Gasteiger partial charge in [-0.3, -0.25) is 9.59 Å². The number of carbonyl (C=O) groups is 2. The highest BCUT2D eigenvalue weighted by Crippen LogP contribution is 2.22. The van der Waals surface area contributed by atoms with Gasteiger partial charge < -0.3 is 20.7 Å². The Morgan fingerprint density at radius 2 is 2.10 bits per heavy atom. The second-order valence-electron chi connectivity index (χ2n) is 4.75. The van der Waals surface area contributed by atoms with Gasteiger partial charge in [0.15, 0.2) is 0 Å². The molecule has 6 nitrogen and oxygen atoms in total. The Morgan fingerprint density at radius 3 is 2.62 bits per heavy atom. The lowest BCUT2D eigenvalue weighted by atomic mass is 10.2. The molecule has 1 saturated heterocycles. The molecule has 1 aromatic carbocycles. The van der Waals surface area contributed by atoms with E-state index in [1.165, 1.54) is 7.11 Å². The normalized spacial score (nSPS) is 15.5. The first kappa shape index (κ1) is 17.4. The Bertz CT molecular complexity index is 493. The Hall–Kier alpha value is -1.63. The Balaban J connectivity index is 0.00000220. The number of nitrogens with zero attached hydrogens (tertiary/aromatic N) is 1. The van der Waals surface area contributed by atoms with Crippen molar-refractivity contribution in [2.24, 2.45) is 5.73 Å². The maximum atomic E-state index is 11.7. The molecule has 0 aliphatic carbocycles. The van der Waals surface area contributed by atoms with E-state index in [1.807, 2.05) is 12.1 Å². The van der Waals surface area contributed by atoms with Crippen LogP contribution in [-0.4, -0.2) is 38.1 Å². The molecule has 0 bridgehead atoms. The maximum Gasteiger partial charge on any atom is 0.243 e. The fraction of sp³-hybridized carbons (Fsp3) is 0.429. The molecule has 3 N–H and O–H groups in total. The van der Waals surface area contributed by atoms with E-state index in [4.69, 9.17) is 10.5 Å². The third-order valence-corrected chi connectivity index (χ3v) is 3.20. The van der Waals surface area contributed by atoms with E-state index in [2.05, 4.69) is 5.32 Å². The summed E-state index contributed by atoms with van der Waals surface area (Å²) >= 11 is 0. The van der Waals surface area contributed by atoms with Crippen molar-refractivity contribution in [3.8, 4) is 0 Å². The van der Waals surface area contributed by atoms with Crippen molar-refractivity contribution in [3.63, 3.8) is 0 Å². The van der Waals surface area contributed by atoms with Gasteiger partial charge in [0.25, 0.3) is 0 Å². The monoisotopic (exact) mass is 313 g/mol. The molecule has 1 fully saturated rings. The lowest BCUT2D eigenvalue weighted by Gasteiger charge is -2.16. The number of halogens is 1. The van der Waals surface area contributed by atoms with Crippen molar-refractivity contribution in [2.75, 3.05) is 30.5 Å². The fourth-order valence-electron chi connectivity index (χ4n) is 2.14. The van der Waals surface area contributed by atoms with Crippen LogP contribution in [0.5, 0.6) is 0 Å². The lowest BCUT2D eigenvalue weighted by molar-refractivity contribution is -0.118. The zero-order valence-corrected chi connectivity index (χ0v) is 12.7. The molecule has 0 spiro atoms. The molecule has 1 aliphatic heterocycles. The zero-order valence-electron chi connectivity index (χ0n) is 11.9. The molecule has 2 rings (SSSR count). The third-order valence-electron chi connectivity index (χ3n) is 3.20. The Kier molecular flexibility index (Phi) is 6.61. The van der Waals surface area contributed by atoms with Crippen LogP contribution in [0.3, 0.4) is 0 Å². The van der Waals surface area contributed by atoms with Crippen molar-refractivity contribution < 1.29 is 14.3 Å². The Labute approximate surface area is 130 Å². The van der Waals surface area contributed by atoms with E-state index < -0.39 is 6.04 Å². The van der Waals surface area contributed by atoms with E-state index in [1.54, 1.807) is 17.0 Å². The molecule has 1 heterocycles. The van der Waals surface area contributed by atoms with Crippen molar-refractivity contribution in [1.29, 1.82) is 0 Å². The van der Waals surface area contributed by atoms with Gasteiger partial charge in [-0.25, -0.2) is 0 Å². The molecule has 0 saturated carbocycles. The van der Waals surface area contributed by atoms with Gasteiger partial charge in [-0.15, -0.1) is 12.4 Å². The van der Waals surface area contributed by atoms with Crippen LogP contribution < -0.4 is 16.0 Å². The number of amides is 2. The summed E-state index contributed by atoms with van der Waals surface area (Å²) in [6.45, 7) is 0.926. The number of benzene rings is 1. The largest absolute Gasteiger partial charge is 0.383 e. The minimum absolute atomic E-state index is 0. The Morgan fingerprint density at radius 1 is 1.43 bits per heavy atom. The van der Waals surface area contributed by atoms with Crippen LogP contribution in [0.25, 0.3) is 0 Å². The predicted molar refractivity (Wildman–Crippen MR) is 83.8 cm³/mol. The third kappa shape index (κ3) is 4.42. The second kappa shape index (κ2) is 7.97. The van der Waals surface area contributed by atoms with Gasteiger partial charge in [0.05, 0.1) is 6.61 Å². The van der Waals surface area contributed by atoms with E-state index in [9.17, 15) is 9.59 Å². The quantitative estimate of drug-likeness (QED) is 0.854. The highest BCUT2D eigenvalue weighted by atomic mass is 35.5. The molecule has 1 aliphatic rings. The molecular formula is C14H20ClN3O3. The number of nitrogens with one attached hydrogen (secondary N) is 1. The summed E-state index contributed by atoms with van der Waals surface area (Å²) in [4.78, 5) is 25.1. The summed E-state index contributed by atoms with van der Waals surface area (Å²) in [5.41, 5.74) is 7.14.